The van der Waals surface area contributed by atoms with Crippen molar-refractivity contribution in [3.8, 4) is 0 Å². The lowest BCUT2D eigenvalue weighted by Crippen LogP contribution is -2.21. The Morgan fingerprint density at radius 2 is 1.75 bits per heavy atom. The van der Waals surface area contributed by atoms with E-state index >= 15 is 0 Å². The zero-order valence-corrected chi connectivity index (χ0v) is 7.42. The highest BCUT2D eigenvalue weighted by Crippen LogP contribution is 2.15. The van der Waals surface area contributed by atoms with Gasteiger partial charge in [-0.1, -0.05) is 20.8 Å². The molecule has 0 radical (unpaired) electrons. The summed E-state index contributed by atoms with van der Waals surface area (Å²) in [6.07, 6.45) is 0.947. The second kappa shape index (κ2) is 3.38. The van der Waals surface area contributed by atoms with Crippen molar-refractivity contribution in [1.29, 1.82) is 0 Å². The number of carboxylic acid groups (broad SMARTS) is 1. The summed E-state index contributed by atoms with van der Waals surface area (Å²) in [5, 5.41) is 8.35. The summed E-state index contributed by atoms with van der Waals surface area (Å²) in [6.45, 7) is 5.09. The molecule has 68 valence electrons. The van der Waals surface area contributed by atoms with Crippen molar-refractivity contribution in [2.75, 3.05) is 0 Å². The van der Waals surface area contributed by atoms with Gasteiger partial charge in [-0.05, 0) is 0 Å². The second-order valence-corrected chi connectivity index (χ2v) is 3.52. The van der Waals surface area contributed by atoms with E-state index in [0.29, 0.717) is 0 Å². The fourth-order valence-corrected chi connectivity index (χ4v) is 0.419. The number of allylic oxidation sites excluding steroid dienone is 1. The van der Waals surface area contributed by atoms with E-state index in [9.17, 15) is 9.59 Å². The van der Waals surface area contributed by atoms with E-state index in [0.717, 1.165) is 6.08 Å². The van der Waals surface area contributed by atoms with Crippen LogP contribution in [0.1, 0.15) is 20.8 Å². The molecular formula is C8H13NO3. The average molecular weight is 171 g/mol. The molecule has 4 heteroatoms. The predicted octanol–water partition coefficient (Wildman–Crippen LogP) is 0.529. The third-order valence-electron chi connectivity index (χ3n) is 1.27. The van der Waals surface area contributed by atoms with Gasteiger partial charge in [0.25, 0.3) is 0 Å². The number of carbonyl (C=O) groups excluding carboxylic acids is 1. The molecular weight excluding hydrogens is 158 g/mol. The van der Waals surface area contributed by atoms with Gasteiger partial charge in [-0.25, -0.2) is 4.79 Å². The van der Waals surface area contributed by atoms with Gasteiger partial charge in [0.1, 0.15) is 5.70 Å². The van der Waals surface area contributed by atoms with Gasteiger partial charge < -0.3 is 10.8 Å². The topological polar surface area (TPSA) is 80.4 Å². The number of rotatable bonds is 2. The summed E-state index contributed by atoms with van der Waals surface area (Å²) in [6, 6.07) is 0. The highest BCUT2D eigenvalue weighted by atomic mass is 16.4. The van der Waals surface area contributed by atoms with Gasteiger partial charge in [0.05, 0.1) is 0 Å². The first kappa shape index (κ1) is 10.7. The average Bonchev–Trinajstić information content (AvgIpc) is 1.85. The van der Waals surface area contributed by atoms with Crippen LogP contribution in [-0.4, -0.2) is 16.9 Å². The molecule has 0 aliphatic carbocycles. The van der Waals surface area contributed by atoms with Gasteiger partial charge in [-0.15, -0.1) is 0 Å². The Balaban J connectivity index is 4.57. The quantitative estimate of drug-likeness (QED) is 0.594. The zero-order valence-electron chi connectivity index (χ0n) is 7.42. The van der Waals surface area contributed by atoms with Crippen LogP contribution in [0.3, 0.4) is 0 Å². The lowest BCUT2D eigenvalue weighted by atomic mass is 9.90. The summed E-state index contributed by atoms with van der Waals surface area (Å²) in [5.74, 6) is -1.56. The minimum absolute atomic E-state index is 0.289. The molecule has 12 heavy (non-hydrogen) atoms. The smallest absolute Gasteiger partial charge is 0.351 e. The number of carboxylic acids is 1. The standard InChI is InChI=1S/C8H13NO3/c1-8(2,3)6(10)4-5(9)7(11)12/h4H,9H2,1-3H3,(H,11,12). The van der Waals surface area contributed by atoms with Crippen LogP contribution in [0.4, 0.5) is 0 Å². The Morgan fingerprint density at radius 3 is 2.00 bits per heavy atom. The van der Waals surface area contributed by atoms with Crippen LogP contribution in [0.15, 0.2) is 11.8 Å². The minimum atomic E-state index is -1.27. The van der Waals surface area contributed by atoms with Crippen molar-refractivity contribution in [3.05, 3.63) is 11.8 Å². The van der Waals surface area contributed by atoms with Crippen molar-refractivity contribution in [1.82, 2.24) is 0 Å². The molecule has 0 saturated heterocycles. The van der Waals surface area contributed by atoms with Crippen molar-refractivity contribution in [2.24, 2.45) is 11.1 Å². The Morgan fingerprint density at radius 1 is 1.33 bits per heavy atom. The highest BCUT2D eigenvalue weighted by Gasteiger charge is 2.20. The highest BCUT2D eigenvalue weighted by molar-refractivity contribution is 6.00. The third-order valence-corrected chi connectivity index (χ3v) is 1.27. The maximum atomic E-state index is 11.2. The molecule has 0 aromatic heterocycles. The Hall–Kier alpha value is -1.32. The van der Waals surface area contributed by atoms with Crippen LogP contribution in [-0.2, 0) is 9.59 Å². The first-order chi connectivity index (χ1) is 5.25. The fraction of sp³-hybridized carbons (Fsp3) is 0.500. The van der Waals surface area contributed by atoms with E-state index in [2.05, 4.69) is 0 Å². The summed E-state index contributed by atoms with van der Waals surface area (Å²) in [5.41, 5.74) is 4.05. The van der Waals surface area contributed by atoms with Crippen molar-refractivity contribution in [2.45, 2.75) is 20.8 Å². The molecule has 0 saturated carbocycles. The number of ketones is 1. The number of aliphatic carboxylic acids is 1. The molecule has 3 N–H and O–H groups in total. The Labute approximate surface area is 71.1 Å². The molecule has 0 aliphatic heterocycles. The maximum Gasteiger partial charge on any atom is 0.351 e. The monoisotopic (exact) mass is 171 g/mol. The van der Waals surface area contributed by atoms with Crippen LogP contribution in [0.25, 0.3) is 0 Å². The van der Waals surface area contributed by atoms with Crippen LogP contribution in [0, 0.1) is 5.41 Å². The van der Waals surface area contributed by atoms with Crippen molar-refractivity contribution in [3.63, 3.8) is 0 Å². The van der Waals surface area contributed by atoms with Crippen LogP contribution < -0.4 is 5.73 Å². The largest absolute Gasteiger partial charge is 0.477 e. The second-order valence-electron chi connectivity index (χ2n) is 3.52. The van der Waals surface area contributed by atoms with Gasteiger partial charge >= 0.3 is 5.97 Å². The third kappa shape index (κ3) is 3.18. The maximum absolute atomic E-state index is 11.2. The number of hydrogen-bond donors (Lipinski definition) is 2. The van der Waals surface area contributed by atoms with Gasteiger partial charge in [0, 0.05) is 11.5 Å². The van der Waals surface area contributed by atoms with E-state index in [-0.39, 0.29) is 5.78 Å². The molecule has 4 nitrogen and oxygen atoms in total. The SMILES string of the molecule is CC(C)(C)C(=O)C=C(N)C(=O)O. The molecule has 0 bridgehead atoms. The summed E-state index contributed by atoms with van der Waals surface area (Å²) in [4.78, 5) is 21.4. The lowest BCUT2D eigenvalue weighted by molar-refractivity contribution is -0.133. The molecule has 0 amide bonds. The Kier molecular flexibility index (Phi) is 3.01. The molecule has 0 rings (SSSR count). The fourth-order valence-electron chi connectivity index (χ4n) is 0.419. The van der Waals surface area contributed by atoms with E-state index in [1.54, 1.807) is 20.8 Å². The first-order valence-electron chi connectivity index (χ1n) is 3.50. The minimum Gasteiger partial charge on any atom is -0.477 e. The van der Waals surface area contributed by atoms with Gasteiger partial charge in [-0.3, -0.25) is 4.79 Å². The van der Waals surface area contributed by atoms with Crippen LogP contribution in [0.5, 0.6) is 0 Å². The number of carbonyl (C=O) groups is 2. The molecule has 0 fully saturated rings. The van der Waals surface area contributed by atoms with Gasteiger partial charge in [-0.2, -0.15) is 0 Å². The number of nitrogens with two attached hydrogens (primary N) is 1. The summed E-state index contributed by atoms with van der Waals surface area (Å²) in [7, 11) is 0. The molecule has 0 spiro atoms. The normalized spacial score (nSPS) is 12.8. The summed E-state index contributed by atoms with van der Waals surface area (Å²) < 4.78 is 0. The van der Waals surface area contributed by atoms with Crippen molar-refractivity contribution >= 4 is 11.8 Å². The molecule has 0 aliphatic rings. The molecule has 0 atom stereocenters. The van der Waals surface area contributed by atoms with E-state index in [1.807, 2.05) is 0 Å². The molecule has 0 aromatic carbocycles. The molecule has 0 unspecified atom stereocenters. The Bertz CT molecular complexity index is 235. The van der Waals surface area contributed by atoms with Crippen LogP contribution >= 0.6 is 0 Å². The predicted molar refractivity (Wildman–Crippen MR) is 44.4 cm³/mol. The van der Waals surface area contributed by atoms with E-state index in [1.165, 1.54) is 0 Å². The van der Waals surface area contributed by atoms with Gasteiger partial charge in [0.15, 0.2) is 5.78 Å². The van der Waals surface area contributed by atoms with Crippen LogP contribution in [0.2, 0.25) is 0 Å². The van der Waals surface area contributed by atoms with Gasteiger partial charge in [0.2, 0.25) is 0 Å². The lowest BCUT2D eigenvalue weighted by Gasteiger charge is -2.13. The van der Waals surface area contributed by atoms with E-state index < -0.39 is 17.1 Å². The summed E-state index contributed by atoms with van der Waals surface area (Å²) >= 11 is 0. The molecule has 0 heterocycles. The first-order valence-corrected chi connectivity index (χ1v) is 3.50. The number of hydrogen-bond acceptors (Lipinski definition) is 3. The molecule has 0 aromatic rings. The van der Waals surface area contributed by atoms with E-state index in [4.69, 9.17) is 10.8 Å². The van der Waals surface area contributed by atoms with Crippen molar-refractivity contribution < 1.29 is 14.7 Å². The zero-order chi connectivity index (χ0) is 9.94.